The fraction of sp³-hybridized carbons (Fsp3) is 0.333. The van der Waals surface area contributed by atoms with Gasteiger partial charge in [-0.1, -0.05) is 63.2 Å². The fourth-order valence-electron chi connectivity index (χ4n) is 2.21. The first kappa shape index (κ1) is 13.7. The summed E-state index contributed by atoms with van der Waals surface area (Å²) in [6.07, 6.45) is 1.04. The van der Waals surface area contributed by atoms with Gasteiger partial charge in [-0.2, -0.15) is 0 Å². The third-order valence-electron chi connectivity index (χ3n) is 3.54. The van der Waals surface area contributed by atoms with Gasteiger partial charge in [-0.3, -0.25) is 0 Å². The molecule has 1 heteroatoms. The van der Waals surface area contributed by atoms with Gasteiger partial charge >= 0.3 is 0 Å². The van der Waals surface area contributed by atoms with Crippen molar-refractivity contribution in [2.75, 3.05) is 6.61 Å². The van der Waals surface area contributed by atoms with E-state index in [1.54, 1.807) is 0 Å². The van der Waals surface area contributed by atoms with Crippen molar-refractivity contribution in [3.8, 4) is 5.75 Å². The summed E-state index contributed by atoms with van der Waals surface area (Å²) in [6.45, 7) is 7.41. The van der Waals surface area contributed by atoms with Crippen LogP contribution in [0, 0.1) is 0 Å². The average Bonchev–Trinajstić information content (AvgIpc) is 2.46. The van der Waals surface area contributed by atoms with Crippen molar-refractivity contribution in [1.82, 2.24) is 0 Å². The zero-order chi connectivity index (χ0) is 13.7. The number of benzene rings is 2. The van der Waals surface area contributed by atoms with E-state index in [-0.39, 0.29) is 5.41 Å². The summed E-state index contributed by atoms with van der Waals surface area (Å²) in [7, 11) is 0. The molecule has 0 N–H and O–H groups in total. The highest BCUT2D eigenvalue weighted by atomic mass is 16.5. The summed E-state index contributed by atoms with van der Waals surface area (Å²) in [4.78, 5) is 0. The van der Waals surface area contributed by atoms with Gasteiger partial charge in [-0.05, 0) is 29.7 Å². The van der Waals surface area contributed by atoms with Gasteiger partial charge in [-0.25, -0.2) is 0 Å². The van der Waals surface area contributed by atoms with Crippen molar-refractivity contribution < 1.29 is 4.74 Å². The maximum absolute atomic E-state index is 5.63. The molecule has 0 radical (unpaired) electrons. The number of rotatable bonds is 5. The molecule has 0 heterocycles. The lowest BCUT2D eigenvalue weighted by Gasteiger charge is -2.26. The Morgan fingerprint density at radius 3 is 2.00 bits per heavy atom. The van der Waals surface area contributed by atoms with Crippen LogP contribution < -0.4 is 4.74 Å². The van der Waals surface area contributed by atoms with Gasteiger partial charge in [0.25, 0.3) is 0 Å². The molecule has 2 rings (SSSR count). The minimum absolute atomic E-state index is 0.0184. The summed E-state index contributed by atoms with van der Waals surface area (Å²) < 4.78 is 5.63. The van der Waals surface area contributed by atoms with Crippen LogP contribution in [0.4, 0.5) is 0 Å². The minimum Gasteiger partial charge on any atom is -0.494 e. The molecule has 0 saturated heterocycles. The van der Waals surface area contributed by atoms with E-state index in [2.05, 4.69) is 75.4 Å². The molecular weight excluding hydrogens is 232 g/mol. The Morgan fingerprint density at radius 2 is 1.42 bits per heavy atom. The van der Waals surface area contributed by atoms with Crippen LogP contribution in [-0.4, -0.2) is 6.61 Å². The summed E-state index contributed by atoms with van der Waals surface area (Å²) in [5.41, 5.74) is 2.66. The molecule has 0 aliphatic rings. The van der Waals surface area contributed by atoms with Crippen LogP contribution in [0.1, 0.15) is 38.3 Å². The van der Waals surface area contributed by atoms with Crippen LogP contribution in [-0.2, 0) is 5.41 Å². The highest BCUT2D eigenvalue weighted by molar-refractivity contribution is 5.39. The van der Waals surface area contributed by atoms with Crippen molar-refractivity contribution in [1.29, 1.82) is 0 Å². The molecular formula is C18H22O. The Hall–Kier alpha value is -1.76. The highest BCUT2D eigenvalue weighted by Gasteiger charge is 2.22. The number of hydrogen-bond acceptors (Lipinski definition) is 1. The molecule has 0 atom stereocenters. The monoisotopic (exact) mass is 254 g/mol. The molecule has 2 aromatic rings. The Kier molecular flexibility index (Phi) is 4.26. The lowest BCUT2D eigenvalue weighted by molar-refractivity contribution is 0.317. The van der Waals surface area contributed by atoms with Gasteiger partial charge in [0.1, 0.15) is 5.75 Å². The van der Waals surface area contributed by atoms with E-state index < -0.39 is 0 Å². The molecule has 0 unspecified atom stereocenters. The summed E-state index contributed by atoms with van der Waals surface area (Å²) in [6, 6.07) is 19.1. The van der Waals surface area contributed by atoms with Crippen LogP contribution in [0.2, 0.25) is 0 Å². The van der Waals surface area contributed by atoms with Gasteiger partial charge in [0.2, 0.25) is 0 Å². The molecule has 0 spiro atoms. The second-order valence-electron chi connectivity index (χ2n) is 5.36. The average molecular weight is 254 g/mol. The maximum Gasteiger partial charge on any atom is 0.119 e. The molecule has 100 valence electrons. The predicted octanol–water partition coefficient (Wildman–Crippen LogP) is 4.80. The second-order valence-corrected chi connectivity index (χ2v) is 5.36. The smallest absolute Gasteiger partial charge is 0.119 e. The van der Waals surface area contributed by atoms with E-state index in [9.17, 15) is 0 Å². The SMILES string of the molecule is CCCOc1ccc(C(C)(C)c2ccccc2)cc1. The second kappa shape index (κ2) is 5.92. The van der Waals surface area contributed by atoms with Gasteiger partial charge in [0.05, 0.1) is 6.61 Å². The van der Waals surface area contributed by atoms with Crippen molar-refractivity contribution in [3.63, 3.8) is 0 Å². The molecule has 0 aliphatic heterocycles. The fourth-order valence-corrected chi connectivity index (χ4v) is 2.21. The Morgan fingerprint density at radius 1 is 0.842 bits per heavy atom. The first-order valence-corrected chi connectivity index (χ1v) is 6.93. The summed E-state index contributed by atoms with van der Waals surface area (Å²) in [5, 5.41) is 0. The van der Waals surface area contributed by atoms with Gasteiger partial charge in [0, 0.05) is 5.41 Å². The quantitative estimate of drug-likeness (QED) is 0.744. The van der Waals surface area contributed by atoms with E-state index in [1.807, 2.05) is 0 Å². The summed E-state index contributed by atoms with van der Waals surface area (Å²) >= 11 is 0. The highest BCUT2D eigenvalue weighted by Crippen LogP contribution is 2.32. The van der Waals surface area contributed by atoms with Crippen LogP contribution >= 0.6 is 0 Å². The molecule has 0 aromatic heterocycles. The maximum atomic E-state index is 5.63. The molecule has 0 aliphatic carbocycles. The molecule has 2 aromatic carbocycles. The van der Waals surface area contributed by atoms with Crippen LogP contribution in [0.3, 0.4) is 0 Å². The van der Waals surface area contributed by atoms with Gasteiger partial charge in [0.15, 0.2) is 0 Å². The topological polar surface area (TPSA) is 9.23 Å². The Bertz CT molecular complexity index is 497. The zero-order valence-electron chi connectivity index (χ0n) is 12.0. The Labute approximate surface area is 116 Å². The molecule has 0 saturated carbocycles. The molecule has 1 nitrogen and oxygen atoms in total. The lowest BCUT2D eigenvalue weighted by atomic mass is 9.78. The Balaban J connectivity index is 2.21. The predicted molar refractivity (Wildman–Crippen MR) is 80.8 cm³/mol. The first-order valence-electron chi connectivity index (χ1n) is 6.93. The third kappa shape index (κ3) is 3.17. The largest absolute Gasteiger partial charge is 0.494 e. The van der Waals surface area contributed by atoms with Gasteiger partial charge in [-0.15, -0.1) is 0 Å². The van der Waals surface area contributed by atoms with Gasteiger partial charge < -0.3 is 4.74 Å². The van der Waals surface area contributed by atoms with Crippen LogP contribution in [0.15, 0.2) is 54.6 Å². The van der Waals surface area contributed by atoms with Crippen LogP contribution in [0.5, 0.6) is 5.75 Å². The van der Waals surface area contributed by atoms with Crippen LogP contribution in [0.25, 0.3) is 0 Å². The summed E-state index contributed by atoms with van der Waals surface area (Å²) in [5.74, 6) is 0.953. The minimum atomic E-state index is 0.0184. The molecule has 0 amide bonds. The van der Waals surface area contributed by atoms with E-state index in [4.69, 9.17) is 4.74 Å². The van der Waals surface area contributed by atoms with E-state index in [0.717, 1.165) is 18.8 Å². The molecule has 0 bridgehead atoms. The number of ether oxygens (including phenoxy) is 1. The standard InChI is InChI=1S/C18H22O/c1-4-14-19-17-12-10-16(11-13-17)18(2,3)15-8-6-5-7-9-15/h5-13H,4,14H2,1-3H3. The van der Waals surface area contributed by atoms with Crippen molar-refractivity contribution in [2.24, 2.45) is 0 Å². The zero-order valence-corrected chi connectivity index (χ0v) is 12.0. The lowest BCUT2D eigenvalue weighted by Crippen LogP contribution is -2.18. The normalized spacial score (nSPS) is 11.3. The first-order chi connectivity index (χ1) is 9.14. The van der Waals surface area contributed by atoms with E-state index >= 15 is 0 Å². The molecule has 19 heavy (non-hydrogen) atoms. The van der Waals surface area contributed by atoms with Crippen molar-refractivity contribution in [3.05, 3.63) is 65.7 Å². The van der Waals surface area contributed by atoms with E-state index in [0.29, 0.717) is 0 Å². The molecule has 0 fully saturated rings. The number of hydrogen-bond donors (Lipinski definition) is 0. The van der Waals surface area contributed by atoms with Crippen molar-refractivity contribution >= 4 is 0 Å². The van der Waals surface area contributed by atoms with Crippen molar-refractivity contribution in [2.45, 2.75) is 32.6 Å². The third-order valence-corrected chi connectivity index (χ3v) is 3.54. The van der Waals surface area contributed by atoms with E-state index in [1.165, 1.54) is 11.1 Å².